The molecule has 44 heavy (non-hydrogen) atoms. The number of carbonyl (C=O) groups is 1. The summed E-state index contributed by atoms with van der Waals surface area (Å²) in [5.74, 6) is -0.851. The van der Waals surface area contributed by atoms with Crippen LogP contribution in [0.25, 0.3) is 0 Å². The third-order valence-electron chi connectivity index (χ3n) is 7.45. The van der Waals surface area contributed by atoms with Crippen LogP contribution in [0.2, 0.25) is 0 Å². The van der Waals surface area contributed by atoms with Crippen molar-refractivity contribution in [3.05, 3.63) is 70.8 Å². The average Bonchev–Trinajstić information content (AvgIpc) is 2.96. The summed E-state index contributed by atoms with van der Waals surface area (Å²) in [6.07, 6.45) is -1.81. The van der Waals surface area contributed by atoms with E-state index in [4.69, 9.17) is 4.74 Å². The first-order valence-electron chi connectivity index (χ1n) is 13.8. The van der Waals surface area contributed by atoms with E-state index < -0.39 is 27.6 Å². The van der Waals surface area contributed by atoms with Gasteiger partial charge < -0.3 is 20.3 Å². The standard InChI is InChI=1S/C29H34F4N6O4S/c1-38-13-11-21(12-14-38)35-27(40)19-7-10-24(26(15-19)43-3)37-28-34-17-22(29(31,32)33)23(36-28)9-6-18-5-8-20(30)16-25(18)39(2)44(4,41)42/h5,7-8,10,15-17,21H,6,9,11-14H2,1-4H3,(H,35,40)(H,34,36,37). The Bertz CT molecular complexity index is 1610. The predicted octanol–water partition coefficient (Wildman–Crippen LogP) is 4.39. The second-order valence-electron chi connectivity index (χ2n) is 10.6. The number of rotatable bonds is 10. The molecule has 2 N–H and O–H groups in total. The largest absolute Gasteiger partial charge is 0.495 e. The molecule has 238 valence electrons. The molecular weight excluding hydrogens is 604 g/mol. The van der Waals surface area contributed by atoms with Crippen LogP contribution in [0.4, 0.5) is 34.9 Å². The maximum atomic E-state index is 14.0. The van der Waals surface area contributed by atoms with E-state index in [0.29, 0.717) is 23.0 Å². The zero-order valence-electron chi connectivity index (χ0n) is 24.7. The third-order valence-corrected chi connectivity index (χ3v) is 8.64. The lowest BCUT2D eigenvalue weighted by molar-refractivity contribution is -0.138. The molecule has 0 spiro atoms. The van der Waals surface area contributed by atoms with Crippen LogP contribution in [0.15, 0.2) is 42.6 Å². The van der Waals surface area contributed by atoms with Crippen molar-refractivity contribution in [2.75, 3.05) is 50.2 Å². The zero-order chi connectivity index (χ0) is 32.2. The highest BCUT2D eigenvalue weighted by Crippen LogP contribution is 2.34. The summed E-state index contributed by atoms with van der Waals surface area (Å²) in [6.45, 7) is 1.77. The SMILES string of the molecule is COc1cc(C(=O)NC2CCN(C)CC2)ccc1Nc1ncc(C(F)(F)F)c(CCc2ccc(F)cc2N(C)S(C)(=O)=O)n1. The van der Waals surface area contributed by atoms with Gasteiger partial charge in [-0.05, 0) is 81.7 Å². The molecule has 4 rings (SSSR count). The Labute approximate surface area is 253 Å². The Balaban J connectivity index is 1.56. The number of sulfonamides is 1. The van der Waals surface area contributed by atoms with Crippen molar-refractivity contribution < 1.29 is 35.5 Å². The van der Waals surface area contributed by atoms with Crippen molar-refractivity contribution in [1.82, 2.24) is 20.2 Å². The molecule has 1 aliphatic heterocycles. The van der Waals surface area contributed by atoms with Gasteiger partial charge in [0.1, 0.15) is 11.6 Å². The molecule has 1 aromatic heterocycles. The molecular formula is C29H34F4N6O4S. The lowest BCUT2D eigenvalue weighted by Gasteiger charge is -2.29. The molecule has 10 nitrogen and oxygen atoms in total. The van der Waals surface area contributed by atoms with Crippen LogP contribution in [0.3, 0.4) is 0 Å². The van der Waals surface area contributed by atoms with Crippen molar-refractivity contribution in [2.24, 2.45) is 0 Å². The number of likely N-dealkylation sites (tertiary alicyclic amines) is 1. The first kappa shape index (κ1) is 32.9. The second kappa shape index (κ2) is 13.3. The Morgan fingerprint density at radius 3 is 2.48 bits per heavy atom. The molecule has 2 aromatic carbocycles. The van der Waals surface area contributed by atoms with E-state index in [1.165, 1.54) is 26.3 Å². The van der Waals surface area contributed by atoms with Gasteiger partial charge in [0.05, 0.1) is 36.0 Å². The Hall–Kier alpha value is -3.98. The van der Waals surface area contributed by atoms with Gasteiger partial charge in [-0.3, -0.25) is 9.10 Å². The van der Waals surface area contributed by atoms with Crippen molar-refractivity contribution in [3.8, 4) is 5.75 Å². The molecule has 1 amide bonds. The zero-order valence-corrected chi connectivity index (χ0v) is 25.5. The van der Waals surface area contributed by atoms with Gasteiger partial charge in [0.15, 0.2) is 0 Å². The van der Waals surface area contributed by atoms with E-state index >= 15 is 0 Å². The number of benzene rings is 2. The number of nitrogens with one attached hydrogen (secondary N) is 2. The third kappa shape index (κ3) is 8.14. The van der Waals surface area contributed by atoms with Crippen LogP contribution in [0, 0.1) is 5.82 Å². The molecule has 3 aromatic rings. The molecule has 1 fully saturated rings. The number of halogens is 4. The van der Waals surface area contributed by atoms with Gasteiger partial charge in [-0.15, -0.1) is 0 Å². The van der Waals surface area contributed by atoms with Crippen LogP contribution in [0.1, 0.15) is 40.0 Å². The molecule has 1 saturated heterocycles. The molecule has 0 saturated carbocycles. The molecule has 0 unspecified atom stereocenters. The number of aromatic nitrogens is 2. The molecule has 0 atom stereocenters. The fraction of sp³-hybridized carbons (Fsp3) is 0.414. The van der Waals surface area contributed by atoms with Crippen molar-refractivity contribution in [3.63, 3.8) is 0 Å². The molecule has 2 heterocycles. The summed E-state index contributed by atoms with van der Waals surface area (Å²) in [6, 6.07) is 8.14. The number of piperidine rings is 1. The monoisotopic (exact) mass is 638 g/mol. The number of ether oxygens (including phenoxy) is 1. The lowest BCUT2D eigenvalue weighted by atomic mass is 10.0. The highest BCUT2D eigenvalue weighted by Gasteiger charge is 2.35. The summed E-state index contributed by atoms with van der Waals surface area (Å²) in [4.78, 5) is 23.0. The van der Waals surface area contributed by atoms with Gasteiger partial charge >= 0.3 is 6.18 Å². The van der Waals surface area contributed by atoms with Gasteiger partial charge in [0.2, 0.25) is 16.0 Å². The molecule has 1 aliphatic rings. The van der Waals surface area contributed by atoms with Gasteiger partial charge in [-0.25, -0.2) is 22.8 Å². The number of alkyl halides is 3. The number of amides is 1. The highest BCUT2D eigenvalue weighted by atomic mass is 32.2. The van der Waals surface area contributed by atoms with Gasteiger partial charge in [0, 0.05) is 24.8 Å². The van der Waals surface area contributed by atoms with Crippen LogP contribution in [-0.4, -0.2) is 75.8 Å². The number of nitrogens with zero attached hydrogens (tertiary/aromatic N) is 4. The number of methoxy groups -OCH3 is 1. The average molecular weight is 639 g/mol. The fourth-order valence-electron chi connectivity index (χ4n) is 4.86. The van der Waals surface area contributed by atoms with Crippen LogP contribution >= 0.6 is 0 Å². The van der Waals surface area contributed by atoms with E-state index in [1.54, 1.807) is 12.1 Å². The van der Waals surface area contributed by atoms with Crippen LogP contribution in [0.5, 0.6) is 5.75 Å². The van der Waals surface area contributed by atoms with Crippen molar-refractivity contribution in [2.45, 2.75) is 37.9 Å². The quantitative estimate of drug-likeness (QED) is 0.314. The number of aryl methyl sites for hydroxylation is 2. The first-order valence-corrected chi connectivity index (χ1v) is 15.6. The highest BCUT2D eigenvalue weighted by molar-refractivity contribution is 7.92. The summed E-state index contributed by atoms with van der Waals surface area (Å²) in [5, 5.41) is 5.88. The van der Waals surface area contributed by atoms with E-state index in [2.05, 4.69) is 25.5 Å². The van der Waals surface area contributed by atoms with Crippen molar-refractivity contribution in [1.29, 1.82) is 0 Å². The van der Waals surface area contributed by atoms with Crippen LogP contribution < -0.4 is 19.7 Å². The van der Waals surface area contributed by atoms with Gasteiger partial charge in [-0.1, -0.05) is 6.07 Å². The number of hydrogen-bond donors (Lipinski definition) is 2. The van der Waals surface area contributed by atoms with E-state index in [9.17, 15) is 30.8 Å². The molecule has 0 bridgehead atoms. The summed E-state index contributed by atoms with van der Waals surface area (Å²) in [7, 11) is 0.894. The van der Waals surface area contributed by atoms with Crippen molar-refractivity contribution >= 4 is 33.3 Å². The predicted molar refractivity (Wildman–Crippen MR) is 158 cm³/mol. The fourth-order valence-corrected chi connectivity index (χ4v) is 5.38. The number of carbonyl (C=O) groups excluding carboxylic acids is 1. The smallest absolute Gasteiger partial charge is 0.419 e. The number of hydrogen-bond acceptors (Lipinski definition) is 8. The summed E-state index contributed by atoms with van der Waals surface area (Å²) >= 11 is 0. The van der Waals surface area contributed by atoms with Gasteiger partial charge in [-0.2, -0.15) is 13.2 Å². The molecule has 0 aliphatic carbocycles. The lowest BCUT2D eigenvalue weighted by Crippen LogP contribution is -2.43. The topological polar surface area (TPSA) is 117 Å². The maximum absolute atomic E-state index is 14.0. The summed E-state index contributed by atoms with van der Waals surface area (Å²) in [5.41, 5.74) is -0.398. The maximum Gasteiger partial charge on any atom is 0.419 e. The van der Waals surface area contributed by atoms with E-state index in [0.717, 1.165) is 48.6 Å². The molecule has 0 radical (unpaired) electrons. The Kier molecular flexibility index (Phi) is 9.98. The molecule has 15 heteroatoms. The minimum absolute atomic E-state index is 0.0122. The minimum atomic E-state index is -4.76. The normalized spacial score (nSPS) is 14.7. The summed E-state index contributed by atoms with van der Waals surface area (Å²) < 4.78 is 86.0. The minimum Gasteiger partial charge on any atom is -0.495 e. The van der Waals surface area contributed by atoms with Crippen LogP contribution in [-0.2, 0) is 29.0 Å². The second-order valence-corrected chi connectivity index (χ2v) is 12.7. The Morgan fingerprint density at radius 2 is 1.84 bits per heavy atom. The number of anilines is 3. The Morgan fingerprint density at radius 1 is 1.14 bits per heavy atom. The van der Waals surface area contributed by atoms with Gasteiger partial charge in [0.25, 0.3) is 5.91 Å². The van der Waals surface area contributed by atoms with E-state index in [-0.39, 0.29) is 47.9 Å². The first-order chi connectivity index (χ1) is 20.7. The van der Waals surface area contributed by atoms with E-state index in [1.807, 2.05) is 7.05 Å².